The average Bonchev–Trinajstić information content (AvgIpc) is 3.06. The molecule has 25 heavy (non-hydrogen) atoms. The summed E-state index contributed by atoms with van der Waals surface area (Å²) in [6.45, 7) is 0. The van der Waals surface area contributed by atoms with E-state index in [2.05, 4.69) is 15.5 Å². The fourth-order valence-electron chi connectivity index (χ4n) is 1.88. The van der Waals surface area contributed by atoms with Crippen LogP contribution in [0.2, 0.25) is 15.1 Å². The molecule has 0 fully saturated rings. The Balaban J connectivity index is 1.57. The van der Waals surface area contributed by atoms with Crippen LogP contribution in [0.4, 0.5) is 5.69 Å². The van der Waals surface area contributed by atoms with Crippen LogP contribution in [0.3, 0.4) is 0 Å². The minimum Gasteiger partial charge on any atom is -0.411 e. The standard InChI is InChI=1S/C16H10Cl3N3O2S/c17-10-3-1-9(2-4-10)15-21-22-16(24-15)25-8-14(23)20-11-5-6-12(18)13(19)7-11/h1-7H,8H2,(H,20,23). The molecule has 128 valence electrons. The van der Waals surface area contributed by atoms with Gasteiger partial charge in [-0.2, -0.15) is 0 Å². The number of hydrogen-bond acceptors (Lipinski definition) is 5. The summed E-state index contributed by atoms with van der Waals surface area (Å²) < 4.78 is 5.52. The highest BCUT2D eigenvalue weighted by Crippen LogP contribution is 2.26. The zero-order valence-electron chi connectivity index (χ0n) is 12.5. The number of anilines is 1. The van der Waals surface area contributed by atoms with Gasteiger partial charge in [-0.3, -0.25) is 4.79 Å². The molecule has 0 atom stereocenters. The van der Waals surface area contributed by atoms with Crippen LogP contribution in [0, 0.1) is 0 Å². The number of benzene rings is 2. The van der Waals surface area contributed by atoms with E-state index in [4.69, 9.17) is 39.2 Å². The molecule has 2 aromatic carbocycles. The molecule has 3 aromatic rings. The van der Waals surface area contributed by atoms with E-state index in [1.807, 2.05) is 0 Å². The first kappa shape index (κ1) is 18.1. The lowest BCUT2D eigenvalue weighted by atomic mass is 10.2. The van der Waals surface area contributed by atoms with Gasteiger partial charge in [0.2, 0.25) is 11.8 Å². The van der Waals surface area contributed by atoms with E-state index in [-0.39, 0.29) is 11.7 Å². The molecule has 0 unspecified atom stereocenters. The Morgan fingerprint density at radius 2 is 1.80 bits per heavy atom. The predicted molar refractivity (Wildman–Crippen MR) is 101 cm³/mol. The molecular formula is C16H10Cl3N3O2S. The van der Waals surface area contributed by atoms with Crippen molar-refractivity contribution in [3.05, 3.63) is 57.5 Å². The Labute approximate surface area is 162 Å². The van der Waals surface area contributed by atoms with Crippen molar-refractivity contribution in [3.8, 4) is 11.5 Å². The van der Waals surface area contributed by atoms with Crippen molar-refractivity contribution < 1.29 is 9.21 Å². The summed E-state index contributed by atoms with van der Waals surface area (Å²) in [4.78, 5) is 12.0. The zero-order valence-corrected chi connectivity index (χ0v) is 15.6. The van der Waals surface area contributed by atoms with E-state index in [1.54, 1.807) is 42.5 Å². The molecule has 0 aliphatic rings. The lowest BCUT2D eigenvalue weighted by Crippen LogP contribution is -2.13. The molecule has 0 bridgehead atoms. The van der Waals surface area contributed by atoms with Crippen LogP contribution in [0.25, 0.3) is 11.5 Å². The summed E-state index contributed by atoms with van der Waals surface area (Å²) in [5.41, 5.74) is 1.32. The largest absolute Gasteiger partial charge is 0.411 e. The Bertz CT molecular complexity index is 900. The number of hydrogen-bond donors (Lipinski definition) is 1. The van der Waals surface area contributed by atoms with Crippen molar-refractivity contribution in [3.63, 3.8) is 0 Å². The number of halogens is 3. The molecule has 0 aliphatic carbocycles. The molecule has 0 saturated carbocycles. The predicted octanol–water partition coefficient (Wildman–Crippen LogP) is 5.43. The molecule has 5 nitrogen and oxygen atoms in total. The minimum absolute atomic E-state index is 0.114. The van der Waals surface area contributed by atoms with E-state index in [9.17, 15) is 4.79 Å². The number of nitrogens with zero attached hydrogens (tertiary/aromatic N) is 2. The first-order chi connectivity index (χ1) is 12.0. The molecule has 1 amide bonds. The topological polar surface area (TPSA) is 68.0 Å². The van der Waals surface area contributed by atoms with Crippen LogP contribution < -0.4 is 5.32 Å². The van der Waals surface area contributed by atoms with Gasteiger partial charge < -0.3 is 9.73 Å². The Morgan fingerprint density at radius 3 is 2.52 bits per heavy atom. The van der Waals surface area contributed by atoms with E-state index >= 15 is 0 Å². The van der Waals surface area contributed by atoms with Gasteiger partial charge in [-0.15, -0.1) is 10.2 Å². The summed E-state index contributed by atoms with van der Waals surface area (Å²) in [5, 5.41) is 12.3. The van der Waals surface area contributed by atoms with Crippen LogP contribution in [-0.2, 0) is 4.79 Å². The molecule has 3 rings (SSSR count). The maximum absolute atomic E-state index is 12.0. The number of carbonyl (C=O) groups is 1. The van der Waals surface area contributed by atoms with E-state index in [1.165, 1.54) is 0 Å². The second-order valence-electron chi connectivity index (χ2n) is 4.85. The molecule has 1 heterocycles. The van der Waals surface area contributed by atoms with Crippen LogP contribution in [0.1, 0.15) is 0 Å². The quantitative estimate of drug-likeness (QED) is 0.564. The molecule has 0 saturated heterocycles. The van der Waals surface area contributed by atoms with Gasteiger partial charge in [0.05, 0.1) is 15.8 Å². The summed E-state index contributed by atoms with van der Waals surface area (Å²) in [5.74, 6) is 0.251. The smallest absolute Gasteiger partial charge is 0.277 e. The third kappa shape index (κ3) is 4.89. The Kier molecular flexibility index (Phi) is 5.86. The third-order valence-electron chi connectivity index (χ3n) is 3.03. The zero-order chi connectivity index (χ0) is 17.8. The fourth-order valence-corrected chi connectivity index (χ4v) is 2.86. The maximum Gasteiger partial charge on any atom is 0.277 e. The van der Waals surface area contributed by atoms with Crippen LogP contribution >= 0.6 is 46.6 Å². The number of rotatable bonds is 5. The van der Waals surface area contributed by atoms with Gasteiger partial charge in [-0.25, -0.2) is 0 Å². The Morgan fingerprint density at radius 1 is 1.04 bits per heavy atom. The highest BCUT2D eigenvalue weighted by molar-refractivity contribution is 7.99. The molecule has 1 aromatic heterocycles. The minimum atomic E-state index is -0.227. The summed E-state index contributed by atoms with van der Waals surface area (Å²) in [7, 11) is 0. The normalized spacial score (nSPS) is 10.7. The first-order valence-corrected chi connectivity index (χ1v) is 9.10. The Hall–Kier alpha value is -1.73. The fraction of sp³-hybridized carbons (Fsp3) is 0.0625. The van der Waals surface area contributed by atoms with E-state index in [0.717, 1.165) is 17.3 Å². The molecule has 0 spiro atoms. The van der Waals surface area contributed by atoms with Gasteiger partial charge in [-0.05, 0) is 42.5 Å². The third-order valence-corrected chi connectivity index (χ3v) is 4.84. The van der Waals surface area contributed by atoms with Crippen molar-refractivity contribution >= 4 is 58.2 Å². The van der Waals surface area contributed by atoms with E-state index < -0.39 is 0 Å². The first-order valence-electron chi connectivity index (χ1n) is 6.98. The maximum atomic E-state index is 12.0. The second kappa shape index (κ2) is 8.10. The SMILES string of the molecule is O=C(CSc1nnc(-c2ccc(Cl)cc2)o1)Nc1ccc(Cl)c(Cl)c1. The molecule has 0 radical (unpaired) electrons. The van der Waals surface area contributed by atoms with Gasteiger partial charge >= 0.3 is 0 Å². The summed E-state index contributed by atoms with van der Waals surface area (Å²) in [6, 6.07) is 11.9. The highest BCUT2D eigenvalue weighted by Gasteiger charge is 2.12. The monoisotopic (exact) mass is 413 g/mol. The van der Waals surface area contributed by atoms with Crippen molar-refractivity contribution in [1.29, 1.82) is 0 Å². The van der Waals surface area contributed by atoms with Gasteiger partial charge in [0.25, 0.3) is 5.22 Å². The number of carbonyl (C=O) groups excluding carboxylic acids is 1. The number of aromatic nitrogens is 2. The molecular weight excluding hydrogens is 405 g/mol. The average molecular weight is 415 g/mol. The number of thioether (sulfide) groups is 1. The highest BCUT2D eigenvalue weighted by atomic mass is 35.5. The van der Waals surface area contributed by atoms with Crippen LogP contribution in [0.5, 0.6) is 0 Å². The molecule has 0 aliphatic heterocycles. The molecule has 1 N–H and O–H groups in total. The van der Waals surface area contributed by atoms with Gasteiger partial charge in [0.15, 0.2) is 0 Å². The summed E-state index contributed by atoms with van der Waals surface area (Å²) in [6.07, 6.45) is 0. The van der Waals surface area contributed by atoms with Gasteiger partial charge in [-0.1, -0.05) is 46.6 Å². The van der Waals surface area contributed by atoms with Crippen molar-refractivity contribution in [2.75, 3.05) is 11.1 Å². The lowest BCUT2D eigenvalue weighted by molar-refractivity contribution is -0.113. The van der Waals surface area contributed by atoms with Crippen LogP contribution in [0.15, 0.2) is 52.1 Å². The van der Waals surface area contributed by atoms with Crippen molar-refractivity contribution in [2.24, 2.45) is 0 Å². The van der Waals surface area contributed by atoms with Crippen molar-refractivity contribution in [1.82, 2.24) is 10.2 Å². The summed E-state index contributed by atoms with van der Waals surface area (Å²) >= 11 is 18.7. The molecule has 9 heteroatoms. The van der Waals surface area contributed by atoms with Crippen LogP contribution in [-0.4, -0.2) is 21.9 Å². The van der Waals surface area contributed by atoms with Gasteiger partial charge in [0, 0.05) is 16.3 Å². The van der Waals surface area contributed by atoms with E-state index in [0.29, 0.717) is 31.9 Å². The number of nitrogens with one attached hydrogen (secondary N) is 1. The number of amides is 1. The van der Waals surface area contributed by atoms with Gasteiger partial charge in [0.1, 0.15) is 0 Å². The van der Waals surface area contributed by atoms with Crippen molar-refractivity contribution in [2.45, 2.75) is 5.22 Å². The lowest BCUT2D eigenvalue weighted by Gasteiger charge is -2.05. The second-order valence-corrected chi connectivity index (χ2v) is 7.02.